The van der Waals surface area contributed by atoms with Gasteiger partial charge >= 0.3 is 0 Å². The Balaban J connectivity index is 1.94. The number of ether oxygens (including phenoxy) is 1. The molecule has 0 aliphatic carbocycles. The molecule has 5 heteroatoms. The zero-order chi connectivity index (χ0) is 19.0. The quantitative estimate of drug-likeness (QED) is 0.553. The molecule has 5 nitrogen and oxygen atoms in total. The van der Waals surface area contributed by atoms with Crippen LogP contribution in [0.1, 0.15) is 45.7 Å². The topological polar surface area (TPSA) is 48.9 Å². The highest BCUT2D eigenvalue weighted by Gasteiger charge is 2.22. The van der Waals surface area contributed by atoms with E-state index in [2.05, 4.69) is 80.6 Å². The number of aliphatic imine (C=N–C) groups is 1. The maximum absolute atomic E-state index is 5.50. The van der Waals surface area contributed by atoms with Crippen molar-refractivity contribution < 1.29 is 4.74 Å². The Morgan fingerprint density at radius 1 is 1.35 bits per heavy atom. The van der Waals surface area contributed by atoms with Crippen molar-refractivity contribution in [3.8, 4) is 0 Å². The molecule has 2 rings (SSSR count). The fourth-order valence-corrected chi connectivity index (χ4v) is 3.40. The first-order valence-corrected chi connectivity index (χ1v) is 9.81. The van der Waals surface area contributed by atoms with Crippen LogP contribution in [0.25, 0.3) is 0 Å². The van der Waals surface area contributed by atoms with Gasteiger partial charge in [-0.2, -0.15) is 0 Å². The summed E-state index contributed by atoms with van der Waals surface area (Å²) in [5.74, 6) is 1.58. The molecule has 2 unspecified atom stereocenters. The van der Waals surface area contributed by atoms with Gasteiger partial charge in [-0.15, -0.1) is 0 Å². The molecule has 2 N–H and O–H groups in total. The van der Waals surface area contributed by atoms with E-state index < -0.39 is 0 Å². The number of benzene rings is 1. The van der Waals surface area contributed by atoms with Crippen LogP contribution in [0.4, 0.5) is 0 Å². The Morgan fingerprint density at radius 3 is 2.69 bits per heavy atom. The SMILES string of the molecule is CCNC(=NCC(C)(C)NC(C)c1ccccc1)N(C)CC1CCOC1. The molecule has 1 saturated heterocycles. The Morgan fingerprint density at radius 2 is 2.08 bits per heavy atom. The zero-order valence-corrected chi connectivity index (χ0v) is 17.1. The lowest BCUT2D eigenvalue weighted by Crippen LogP contribution is -2.46. The minimum absolute atomic E-state index is 0.0900. The average molecular weight is 361 g/mol. The maximum Gasteiger partial charge on any atom is 0.193 e. The van der Waals surface area contributed by atoms with Crippen molar-refractivity contribution in [1.82, 2.24) is 15.5 Å². The minimum atomic E-state index is -0.0900. The Labute approximate surface area is 159 Å². The van der Waals surface area contributed by atoms with Gasteiger partial charge in [-0.05, 0) is 39.7 Å². The van der Waals surface area contributed by atoms with Gasteiger partial charge in [0.25, 0.3) is 0 Å². The van der Waals surface area contributed by atoms with Crippen LogP contribution in [-0.2, 0) is 4.74 Å². The van der Waals surface area contributed by atoms with Gasteiger partial charge < -0.3 is 20.3 Å². The summed E-state index contributed by atoms with van der Waals surface area (Å²) in [4.78, 5) is 7.14. The van der Waals surface area contributed by atoms with Gasteiger partial charge in [0.05, 0.1) is 13.2 Å². The van der Waals surface area contributed by atoms with Gasteiger partial charge in [0.1, 0.15) is 0 Å². The van der Waals surface area contributed by atoms with Gasteiger partial charge in [0.15, 0.2) is 5.96 Å². The van der Waals surface area contributed by atoms with E-state index in [9.17, 15) is 0 Å². The van der Waals surface area contributed by atoms with Crippen LogP contribution in [0.3, 0.4) is 0 Å². The largest absolute Gasteiger partial charge is 0.381 e. The highest BCUT2D eigenvalue weighted by atomic mass is 16.5. The minimum Gasteiger partial charge on any atom is -0.381 e. The third-order valence-electron chi connectivity index (χ3n) is 4.78. The monoisotopic (exact) mass is 360 g/mol. The van der Waals surface area contributed by atoms with E-state index in [0.29, 0.717) is 5.92 Å². The normalized spacial score (nSPS) is 19.4. The van der Waals surface area contributed by atoms with Crippen LogP contribution in [-0.4, -0.2) is 56.3 Å². The summed E-state index contributed by atoms with van der Waals surface area (Å²) in [6.45, 7) is 13.1. The first kappa shape index (κ1) is 20.7. The average Bonchev–Trinajstić information content (AvgIpc) is 3.12. The number of hydrogen-bond acceptors (Lipinski definition) is 3. The van der Waals surface area contributed by atoms with Crippen LogP contribution in [0, 0.1) is 5.92 Å². The van der Waals surface area contributed by atoms with Gasteiger partial charge in [-0.1, -0.05) is 30.3 Å². The molecule has 0 radical (unpaired) electrons. The Bertz CT molecular complexity index is 552. The molecule has 1 heterocycles. The molecule has 1 aliphatic rings. The predicted octanol–water partition coefficient (Wildman–Crippen LogP) is 3.05. The molecule has 0 spiro atoms. The third kappa shape index (κ3) is 6.61. The van der Waals surface area contributed by atoms with Gasteiger partial charge in [0.2, 0.25) is 0 Å². The molecule has 146 valence electrons. The van der Waals surface area contributed by atoms with Gasteiger partial charge in [-0.25, -0.2) is 0 Å². The van der Waals surface area contributed by atoms with E-state index in [4.69, 9.17) is 9.73 Å². The standard InChI is InChI=1S/C21H36N4O/c1-6-22-20(25(5)14-18-12-13-26-15-18)23-16-21(3,4)24-17(2)19-10-8-7-9-11-19/h7-11,17-18,24H,6,12-16H2,1-5H3,(H,22,23). The molecule has 0 bridgehead atoms. The molecule has 0 saturated carbocycles. The van der Waals surface area contributed by atoms with Crippen LogP contribution in [0.15, 0.2) is 35.3 Å². The zero-order valence-electron chi connectivity index (χ0n) is 17.1. The van der Waals surface area contributed by atoms with E-state index in [-0.39, 0.29) is 11.6 Å². The van der Waals surface area contributed by atoms with Crippen LogP contribution < -0.4 is 10.6 Å². The van der Waals surface area contributed by atoms with Crippen LogP contribution in [0.2, 0.25) is 0 Å². The van der Waals surface area contributed by atoms with Crippen LogP contribution in [0.5, 0.6) is 0 Å². The van der Waals surface area contributed by atoms with Crippen molar-refractivity contribution in [2.45, 2.75) is 45.7 Å². The number of nitrogens with zero attached hydrogens (tertiary/aromatic N) is 2. The van der Waals surface area contributed by atoms with E-state index in [1.807, 2.05) is 0 Å². The first-order chi connectivity index (χ1) is 12.4. The molecule has 2 atom stereocenters. The fraction of sp³-hybridized carbons (Fsp3) is 0.667. The maximum atomic E-state index is 5.50. The third-order valence-corrected chi connectivity index (χ3v) is 4.78. The number of rotatable bonds is 8. The lowest BCUT2D eigenvalue weighted by Gasteiger charge is -2.31. The smallest absolute Gasteiger partial charge is 0.193 e. The lowest BCUT2D eigenvalue weighted by molar-refractivity contribution is 0.181. The highest BCUT2D eigenvalue weighted by Crippen LogP contribution is 2.17. The van der Waals surface area contributed by atoms with Crippen molar-refractivity contribution in [2.24, 2.45) is 10.9 Å². The van der Waals surface area contributed by atoms with Crippen LogP contribution >= 0.6 is 0 Å². The molecular weight excluding hydrogens is 324 g/mol. The molecule has 0 amide bonds. The highest BCUT2D eigenvalue weighted by molar-refractivity contribution is 5.79. The van der Waals surface area contributed by atoms with E-state index in [1.165, 1.54) is 5.56 Å². The summed E-state index contributed by atoms with van der Waals surface area (Å²) in [5.41, 5.74) is 1.21. The summed E-state index contributed by atoms with van der Waals surface area (Å²) < 4.78 is 5.50. The fourth-order valence-electron chi connectivity index (χ4n) is 3.40. The first-order valence-electron chi connectivity index (χ1n) is 9.81. The van der Waals surface area contributed by atoms with Crippen molar-refractivity contribution in [3.63, 3.8) is 0 Å². The van der Waals surface area contributed by atoms with Crippen molar-refractivity contribution >= 4 is 5.96 Å². The molecule has 1 aromatic rings. The molecular formula is C21H36N4O. The predicted molar refractivity (Wildman–Crippen MR) is 110 cm³/mol. The number of hydrogen-bond donors (Lipinski definition) is 2. The van der Waals surface area contributed by atoms with Crippen molar-refractivity contribution in [2.75, 3.05) is 39.9 Å². The van der Waals surface area contributed by atoms with E-state index >= 15 is 0 Å². The summed E-state index contributed by atoms with van der Waals surface area (Å²) in [6.07, 6.45) is 1.14. The Hall–Kier alpha value is -1.59. The van der Waals surface area contributed by atoms with Gasteiger partial charge in [0, 0.05) is 44.2 Å². The van der Waals surface area contributed by atoms with Crippen molar-refractivity contribution in [1.29, 1.82) is 0 Å². The number of nitrogens with one attached hydrogen (secondary N) is 2. The summed E-state index contributed by atoms with van der Waals surface area (Å²) >= 11 is 0. The molecule has 1 aliphatic heterocycles. The van der Waals surface area contributed by atoms with Crippen molar-refractivity contribution in [3.05, 3.63) is 35.9 Å². The van der Waals surface area contributed by atoms with Gasteiger partial charge in [-0.3, -0.25) is 4.99 Å². The second kappa shape index (κ2) is 9.93. The molecule has 1 aromatic carbocycles. The van der Waals surface area contributed by atoms with E-state index in [1.54, 1.807) is 0 Å². The van der Waals surface area contributed by atoms with E-state index in [0.717, 1.165) is 45.2 Å². The Kier molecular flexibility index (Phi) is 7.91. The summed E-state index contributed by atoms with van der Waals surface area (Å²) in [5, 5.41) is 7.13. The summed E-state index contributed by atoms with van der Waals surface area (Å²) in [6, 6.07) is 10.8. The summed E-state index contributed by atoms with van der Waals surface area (Å²) in [7, 11) is 2.12. The molecule has 1 fully saturated rings. The second-order valence-corrected chi connectivity index (χ2v) is 7.94. The molecule has 0 aromatic heterocycles. The molecule has 26 heavy (non-hydrogen) atoms. The second-order valence-electron chi connectivity index (χ2n) is 7.94. The lowest BCUT2D eigenvalue weighted by atomic mass is 10.0. The number of guanidine groups is 1.